The molecule has 1 heterocycles. The molecule has 1 fully saturated rings. The molecule has 0 aliphatic carbocycles. The summed E-state index contributed by atoms with van der Waals surface area (Å²) >= 11 is 11.7. The molecule has 2 aromatic carbocycles. The van der Waals surface area contributed by atoms with Crippen molar-refractivity contribution in [2.75, 3.05) is 36.5 Å². The van der Waals surface area contributed by atoms with Gasteiger partial charge in [0.05, 0.1) is 29.6 Å². The standard InChI is InChI=1S/C19H20ClN3O2S/c1-13-4-2-5-14(12-13)18(24)22-19(26)21-16-7-3-6-15(20)17(16)23-8-10-25-11-9-23/h2-7,12H,8-11H2,1H3,(H2,21,22,24,26). The third-order valence-electron chi connectivity index (χ3n) is 4.07. The molecule has 0 aromatic heterocycles. The van der Waals surface area contributed by atoms with Gasteiger partial charge in [0.15, 0.2) is 5.11 Å². The van der Waals surface area contributed by atoms with E-state index in [-0.39, 0.29) is 11.0 Å². The molecule has 1 aliphatic heterocycles. The first-order valence-electron chi connectivity index (χ1n) is 8.35. The van der Waals surface area contributed by atoms with Gasteiger partial charge in [-0.25, -0.2) is 0 Å². The summed E-state index contributed by atoms with van der Waals surface area (Å²) in [6.45, 7) is 4.74. The van der Waals surface area contributed by atoms with Crippen molar-refractivity contribution >= 4 is 46.2 Å². The van der Waals surface area contributed by atoms with Crippen LogP contribution in [0.1, 0.15) is 15.9 Å². The number of hydrogen-bond acceptors (Lipinski definition) is 4. The molecule has 1 aliphatic rings. The summed E-state index contributed by atoms with van der Waals surface area (Å²) in [7, 11) is 0. The van der Waals surface area contributed by atoms with Crippen molar-refractivity contribution in [3.05, 3.63) is 58.6 Å². The van der Waals surface area contributed by atoms with E-state index in [9.17, 15) is 4.79 Å². The second-order valence-electron chi connectivity index (χ2n) is 6.01. The lowest BCUT2D eigenvalue weighted by Crippen LogP contribution is -2.38. The van der Waals surface area contributed by atoms with Gasteiger partial charge in [0.25, 0.3) is 5.91 Å². The molecule has 3 rings (SSSR count). The van der Waals surface area contributed by atoms with Gasteiger partial charge in [-0.05, 0) is 43.4 Å². The fraction of sp³-hybridized carbons (Fsp3) is 0.263. The van der Waals surface area contributed by atoms with Crippen LogP contribution in [0.25, 0.3) is 0 Å². The minimum absolute atomic E-state index is 0.230. The van der Waals surface area contributed by atoms with Crippen LogP contribution in [0.2, 0.25) is 5.02 Å². The normalized spacial score (nSPS) is 14.0. The maximum Gasteiger partial charge on any atom is 0.257 e. The molecule has 0 spiro atoms. The number of nitrogens with one attached hydrogen (secondary N) is 2. The van der Waals surface area contributed by atoms with Crippen LogP contribution in [0, 0.1) is 6.92 Å². The predicted molar refractivity (Wildman–Crippen MR) is 109 cm³/mol. The Hall–Kier alpha value is -2.15. The number of amides is 1. The highest BCUT2D eigenvalue weighted by Gasteiger charge is 2.19. The number of morpholine rings is 1. The fourth-order valence-corrected chi connectivity index (χ4v) is 3.34. The van der Waals surface area contributed by atoms with Crippen molar-refractivity contribution in [3.63, 3.8) is 0 Å². The Balaban J connectivity index is 1.73. The molecule has 136 valence electrons. The number of halogens is 1. The average Bonchev–Trinajstić information content (AvgIpc) is 2.62. The molecule has 26 heavy (non-hydrogen) atoms. The maximum absolute atomic E-state index is 12.4. The summed E-state index contributed by atoms with van der Waals surface area (Å²) in [6, 6.07) is 12.9. The number of carbonyl (C=O) groups excluding carboxylic acids is 1. The highest BCUT2D eigenvalue weighted by molar-refractivity contribution is 7.80. The molecule has 2 aromatic rings. The highest BCUT2D eigenvalue weighted by Crippen LogP contribution is 2.34. The summed E-state index contributed by atoms with van der Waals surface area (Å²) in [5.74, 6) is -0.249. The zero-order chi connectivity index (χ0) is 18.5. The lowest BCUT2D eigenvalue weighted by Gasteiger charge is -2.31. The Bertz CT molecular complexity index is 822. The number of nitrogens with zero attached hydrogens (tertiary/aromatic N) is 1. The van der Waals surface area contributed by atoms with Gasteiger partial charge in [-0.2, -0.15) is 0 Å². The van der Waals surface area contributed by atoms with E-state index in [1.54, 1.807) is 6.07 Å². The molecule has 0 bridgehead atoms. The van der Waals surface area contributed by atoms with Crippen molar-refractivity contribution in [2.24, 2.45) is 0 Å². The van der Waals surface area contributed by atoms with Gasteiger partial charge in [0.1, 0.15) is 0 Å². The fourth-order valence-electron chi connectivity index (χ4n) is 2.84. The number of anilines is 2. The van der Waals surface area contributed by atoms with E-state index in [4.69, 9.17) is 28.6 Å². The lowest BCUT2D eigenvalue weighted by atomic mass is 10.1. The van der Waals surface area contributed by atoms with E-state index >= 15 is 0 Å². The number of hydrogen-bond donors (Lipinski definition) is 2. The SMILES string of the molecule is Cc1cccc(C(=O)NC(=S)Nc2cccc(Cl)c2N2CCOCC2)c1. The van der Waals surface area contributed by atoms with E-state index < -0.39 is 0 Å². The molecule has 0 radical (unpaired) electrons. The summed E-state index contributed by atoms with van der Waals surface area (Å²) in [5.41, 5.74) is 3.20. The van der Waals surface area contributed by atoms with Gasteiger partial charge >= 0.3 is 0 Å². The van der Waals surface area contributed by atoms with Crippen LogP contribution in [0.3, 0.4) is 0 Å². The van der Waals surface area contributed by atoms with Crippen molar-refractivity contribution in [1.82, 2.24) is 5.32 Å². The largest absolute Gasteiger partial charge is 0.378 e. The molecule has 0 saturated carbocycles. The Morgan fingerprint density at radius 2 is 1.92 bits per heavy atom. The highest BCUT2D eigenvalue weighted by atomic mass is 35.5. The zero-order valence-electron chi connectivity index (χ0n) is 14.4. The van der Waals surface area contributed by atoms with E-state index in [1.807, 2.05) is 43.3 Å². The minimum Gasteiger partial charge on any atom is -0.378 e. The molecular weight excluding hydrogens is 370 g/mol. The van der Waals surface area contributed by atoms with Crippen LogP contribution < -0.4 is 15.5 Å². The van der Waals surface area contributed by atoms with Crippen LogP contribution >= 0.6 is 23.8 Å². The smallest absolute Gasteiger partial charge is 0.257 e. The second kappa shape index (κ2) is 8.49. The first-order valence-corrected chi connectivity index (χ1v) is 9.13. The quantitative estimate of drug-likeness (QED) is 0.785. The Morgan fingerprint density at radius 3 is 2.65 bits per heavy atom. The summed E-state index contributed by atoms with van der Waals surface area (Å²) in [6.07, 6.45) is 0. The molecule has 1 amide bonds. The van der Waals surface area contributed by atoms with Crippen LogP contribution in [0.15, 0.2) is 42.5 Å². The predicted octanol–water partition coefficient (Wildman–Crippen LogP) is 3.61. The number of carbonyl (C=O) groups is 1. The first-order chi connectivity index (χ1) is 12.5. The lowest BCUT2D eigenvalue weighted by molar-refractivity contribution is 0.0977. The molecule has 0 atom stereocenters. The number of para-hydroxylation sites is 1. The van der Waals surface area contributed by atoms with Gasteiger partial charge in [-0.1, -0.05) is 35.4 Å². The monoisotopic (exact) mass is 389 g/mol. The third kappa shape index (κ3) is 4.52. The van der Waals surface area contributed by atoms with Crippen molar-refractivity contribution < 1.29 is 9.53 Å². The van der Waals surface area contributed by atoms with Gasteiger partial charge < -0.3 is 15.0 Å². The van der Waals surface area contributed by atoms with Crippen LogP contribution in [-0.2, 0) is 4.74 Å². The second-order valence-corrected chi connectivity index (χ2v) is 6.83. The molecule has 0 unspecified atom stereocenters. The van der Waals surface area contributed by atoms with E-state index in [1.165, 1.54) is 0 Å². The average molecular weight is 390 g/mol. The molecule has 2 N–H and O–H groups in total. The van der Waals surface area contributed by atoms with E-state index in [2.05, 4.69) is 15.5 Å². The third-order valence-corrected chi connectivity index (χ3v) is 4.58. The van der Waals surface area contributed by atoms with Crippen LogP contribution in [0.4, 0.5) is 11.4 Å². The number of aryl methyl sites for hydroxylation is 1. The van der Waals surface area contributed by atoms with E-state index in [0.717, 1.165) is 30.0 Å². The van der Waals surface area contributed by atoms with E-state index in [0.29, 0.717) is 23.8 Å². The minimum atomic E-state index is -0.249. The van der Waals surface area contributed by atoms with Crippen LogP contribution in [-0.4, -0.2) is 37.3 Å². The topological polar surface area (TPSA) is 53.6 Å². The van der Waals surface area contributed by atoms with Gasteiger partial charge in [-0.15, -0.1) is 0 Å². The molecule has 7 heteroatoms. The zero-order valence-corrected chi connectivity index (χ0v) is 16.0. The van der Waals surface area contributed by atoms with Crippen molar-refractivity contribution in [1.29, 1.82) is 0 Å². The Kier molecular flexibility index (Phi) is 6.08. The number of rotatable bonds is 3. The number of thiocarbonyl (C=S) groups is 1. The summed E-state index contributed by atoms with van der Waals surface area (Å²) in [5, 5.41) is 6.67. The number of benzene rings is 2. The van der Waals surface area contributed by atoms with Crippen molar-refractivity contribution in [3.8, 4) is 0 Å². The van der Waals surface area contributed by atoms with Gasteiger partial charge in [0.2, 0.25) is 0 Å². The summed E-state index contributed by atoms with van der Waals surface area (Å²) < 4.78 is 5.41. The van der Waals surface area contributed by atoms with Crippen molar-refractivity contribution in [2.45, 2.75) is 6.92 Å². The maximum atomic E-state index is 12.4. The van der Waals surface area contributed by atoms with Gasteiger partial charge in [-0.3, -0.25) is 10.1 Å². The summed E-state index contributed by atoms with van der Waals surface area (Å²) in [4.78, 5) is 14.5. The van der Waals surface area contributed by atoms with Gasteiger partial charge in [0, 0.05) is 18.7 Å². The molecular formula is C19H20ClN3O2S. The first kappa shape index (κ1) is 18.6. The molecule has 1 saturated heterocycles. The molecule has 5 nitrogen and oxygen atoms in total. The Morgan fingerprint density at radius 1 is 1.19 bits per heavy atom. The number of ether oxygens (including phenoxy) is 1. The van der Waals surface area contributed by atoms with Crippen LogP contribution in [0.5, 0.6) is 0 Å². The Labute approximate surface area is 163 Å².